The summed E-state index contributed by atoms with van der Waals surface area (Å²) in [6.07, 6.45) is 7.16. The number of nitrogens with zero attached hydrogens (tertiary/aromatic N) is 2. The SMILES string of the molecule is CC1CCCC1CNc1ncncc1Cl. The first kappa shape index (κ1) is 10.7. The van der Waals surface area contributed by atoms with Crippen molar-refractivity contribution >= 4 is 17.4 Å². The Morgan fingerprint density at radius 2 is 2.40 bits per heavy atom. The lowest BCUT2D eigenvalue weighted by Crippen LogP contribution is -2.17. The lowest BCUT2D eigenvalue weighted by atomic mass is 9.98. The molecule has 1 heterocycles. The second-order valence-electron chi connectivity index (χ2n) is 4.27. The van der Waals surface area contributed by atoms with Gasteiger partial charge in [-0.05, 0) is 18.3 Å². The van der Waals surface area contributed by atoms with E-state index in [1.165, 1.54) is 25.6 Å². The molecule has 0 bridgehead atoms. The monoisotopic (exact) mass is 225 g/mol. The molecule has 0 saturated heterocycles. The molecule has 1 saturated carbocycles. The Bertz CT molecular complexity index is 329. The smallest absolute Gasteiger partial charge is 0.148 e. The topological polar surface area (TPSA) is 37.8 Å². The Balaban J connectivity index is 1.90. The molecule has 2 atom stereocenters. The van der Waals surface area contributed by atoms with E-state index >= 15 is 0 Å². The van der Waals surface area contributed by atoms with Crippen LogP contribution < -0.4 is 5.32 Å². The van der Waals surface area contributed by atoms with Gasteiger partial charge in [0, 0.05) is 6.54 Å². The molecule has 1 aromatic rings. The van der Waals surface area contributed by atoms with Crippen molar-refractivity contribution in [1.29, 1.82) is 0 Å². The lowest BCUT2D eigenvalue weighted by molar-refractivity contribution is 0.439. The third kappa shape index (κ3) is 2.59. The Morgan fingerprint density at radius 3 is 3.07 bits per heavy atom. The molecule has 0 radical (unpaired) electrons. The zero-order valence-corrected chi connectivity index (χ0v) is 9.67. The molecular weight excluding hydrogens is 210 g/mol. The number of nitrogens with one attached hydrogen (secondary N) is 1. The average Bonchev–Trinajstić information content (AvgIpc) is 2.63. The minimum absolute atomic E-state index is 0.600. The van der Waals surface area contributed by atoms with Gasteiger partial charge in [0.2, 0.25) is 0 Å². The summed E-state index contributed by atoms with van der Waals surface area (Å²) < 4.78 is 0. The largest absolute Gasteiger partial charge is 0.368 e. The van der Waals surface area contributed by atoms with Crippen LogP contribution in [0.5, 0.6) is 0 Å². The summed E-state index contributed by atoms with van der Waals surface area (Å²) in [5.74, 6) is 2.33. The van der Waals surface area contributed by atoms with Gasteiger partial charge in [-0.2, -0.15) is 0 Å². The fourth-order valence-electron chi connectivity index (χ4n) is 2.20. The van der Waals surface area contributed by atoms with Gasteiger partial charge in [0.1, 0.15) is 17.2 Å². The quantitative estimate of drug-likeness (QED) is 0.860. The summed E-state index contributed by atoms with van der Waals surface area (Å²) in [5.41, 5.74) is 0. The van der Waals surface area contributed by atoms with E-state index in [1.54, 1.807) is 6.20 Å². The highest BCUT2D eigenvalue weighted by atomic mass is 35.5. The van der Waals surface area contributed by atoms with E-state index < -0.39 is 0 Å². The lowest BCUT2D eigenvalue weighted by Gasteiger charge is -2.16. The minimum atomic E-state index is 0.600. The van der Waals surface area contributed by atoms with Crippen molar-refractivity contribution in [2.24, 2.45) is 11.8 Å². The van der Waals surface area contributed by atoms with E-state index in [4.69, 9.17) is 11.6 Å². The van der Waals surface area contributed by atoms with Crippen molar-refractivity contribution in [3.8, 4) is 0 Å². The number of hydrogen-bond acceptors (Lipinski definition) is 3. The van der Waals surface area contributed by atoms with E-state index in [2.05, 4.69) is 22.2 Å². The van der Waals surface area contributed by atoms with Gasteiger partial charge in [-0.15, -0.1) is 0 Å². The van der Waals surface area contributed by atoms with Crippen LogP contribution in [0.15, 0.2) is 12.5 Å². The molecule has 2 unspecified atom stereocenters. The second-order valence-corrected chi connectivity index (χ2v) is 4.68. The zero-order valence-electron chi connectivity index (χ0n) is 8.91. The van der Waals surface area contributed by atoms with Crippen LogP contribution >= 0.6 is 11.6 Å². The van der Waals surface area contributed by atoms with Gasteiger partial charge in [0.15, 0.2) is 0 Å². The van der Waals surface area contributed by atoms with Crippen molar-refractivity contribution in [3.63, 3.8) is 0 Å². The van der Waals surface area contributed by atoms with Gasteiger partial charge in [-0.1, -0.05) is 31.4 Å². The maximum atomic E-state index is 5.96. The molecule has 0 amide bonds. The molecule has 1 aromatic heterocycles. The molecule has 3 nitrogen and oxygen atoms in total. The maximum Gasteiger partial charge on any atom is 0.148 e. The second kappa shape index (κ2) is 4.79. The first-order valence-electron chi connectivity index (χ1n) is 5.46. The Kier molecular flexibility index (Phi) is 3.41. The molecule has 0 aromatic carbocycles. The zero-order chi connectivity index (χ0) is 10.7. The third-order valence-corrected chi connectivity index (χ3v) is 3.52. The number of aromatic nitrogens is 2. The molecule has 1 aliphatic rings. The van der Waals surface area contributed by atoms with Crippen LogP contribution in [0.1, 0.15) is 26.2 Å². The van der Waals surface area contributed by atoms with E-state index in [0.29, 0.717) is 5.02 Å². The minimum Gasteiger partial charge on any atom is -0.368 e. The molecule has 2 rings (SSSR count). The van der Waals surface area contributed by atoms with Gasteiger partial charge in [0.05, 0.1) is 6.20 Å². The number of hydrogen-bond donors (Lipinski definition) is 1. The van der Waals surface area contributed by atoms with Crippen LogP contribution in [-0.4, -0.2) is 16.5 Å². The van der Waals surface area contributed by atoms with Gasteiger partial charge in [0.25, 0.3) is 0 Å². The Labute approximate surface area is 95.3 Å². The number of rotatable bonds is 3. The van der Waals surface area contributed by atoms with E-state index in [1.807, 2.05) is 0 Å². The standard InChI is InChI=1S/C11H16ClN3/c1-8-3-2-4-9(8)5-14-11-10(12)6-13-7-15-11/h6-9H,2-5H2,1H3,(H,13,14,15). The normalized spacial score (nSPS) is 25.5. The van der Waals surface area contributed by atoms with Crippen molar-refractivity contribution in [3.05, 3.63) is 17.5 Å². The molecule has 1 aliphatic carbocycles. The van der Waals surface area contributed by atoms with Crippen LogP contribution in [0.4, 0.5) is 5.82 Å². The van der Waals surface area contributed by atoms with Crippen LogP contribution in [-0.2, 0) is 0 Å². The molecule has 1 N–H and O–H groups in total. The summed E-state index contributed by atoms with van der Waals surface area (Å²) >= 11 is 5.96. The van der Waals surface area contributed by atoms with Crippen LogP contribution in [0.3, 0.4) is 0 Å². The Hall–Kier alpha value is -0.830. The van der Waals surface area contributed by atoms with E-state index in [0.717, 1.165) is 24.2 Å². The van der Waals surface area contributed by atoms with Gasteiger partial charge in [-0.25, -0.2) is 9.97 Å². The summed E-state index contributed by atoms with van der Waals surface area (Å²) in [4.78, 5) is 7.97. The fraction of sp³-hybridized carbons (Fsp3) is 0.636. The van der Waals surface area contributed by atoms with Crippen LogP contribution in [0, 0.1) is 11.8 Å². The van der Waals surface area contributed by atoms with Crippen molar-refractivity contribution in [2.75, 3.05) is 11.9 Å². The van der Waals surface area contributed by atoms with Crippen molar-refractivity contribution in [2.45, 2.75) is 26.2 Å². The third-order valence-electron chi connectivity index (χ3n) is 3.24. The number of halogens is 1. The molecule has 82 valence electrons. The summed E-state index contributed by atoms with van der Waals surface area (Å²) in [6, 6.07) is 0. The highest BCUT2D eigenvalue weighted by Gasteiger charge is 2.23. The predicted octanol–water partition coefficient (Wildman–Crippen LogP) is 2.98. The summed E-state index contributed by atoms with van der Waals surface area (Å²) in [5, 5.41) is 3.90. The molecule has 0 aliphatic heterocycles. The predicted molar refractivity (Wildman–Crippen MR) is 62.0 cm³/mol. The molecular formula is C11H16ClN3. The molecule has 1 fully saturated rings. The van der Waals surface area contributed by atoms with E-state index in [9.17, 15) is 0 Å². The van der Waals surface area contributed by atoms with Crippen LogP contribution in [0.2, 0.25) is 5.02 Å². The maximum absolute atomic E-state index is 5.96. The number of anilines is 1. The van der Waals surface area contributed by atoms with Gasteiger partial charge < -0.3 is 5.32 Å². The van der Waals surface area contributed by atoms with Crippen molar-refractivity contribution < 1.29 is 0 Å². The van der Waals surface area contributed by atoms with Crippen molar-refractivity contribution in [1.82, 2.24) is 9.97 Å². The van der Waals surface area contributed by atoms with Gasteiger partial charge in [-0.3, -0.25) is 0 Å². The fourth-order valence-corrected chi connectivity index (χ4v) is 2.37. The summed E-state index contributed by atoms with van der Waals surface area (Å²) in [6.45, 7) is 3.29. The van der Waals surface area contributed by atoms with Crippen LogP contribution in [0.25, 0.3) is 0 Å². The molecule has 0 spiro atoms. The van der Waals surface area contributed by atoms with Gasteiger partial charge >= 0.3 is 0 Å². The molecule has 15 heavy (non-hydrogen) atoms. The highest BCUT2D eigenvalue weighted by molar-refractivity contribution is 6.32. The highest BCUT2D eigenvalue weighted by Crippen LogP contribution is 2.31. The molecule has 4 heteroatoms. The first-order valence-corrected chi connectivity index (χ1v) is 5.84. The average molecular weight is 226 g/mol. The summed E-state index contributed by atoms with van der Waals surface area (Å²) in [7, 11) is 0. The first-order chi connectivity index (χ1) is 7.27. The Morgan fingerprint density at radius 1 is 1.53 bits per heavy atom. The van der Waals surface area contributed by atoms with E-state index in [-0.39, 0.29) is 0 Å².